The highest BCUT2D eigenvalue weighted by Crippen LogP contribution is 2.28. The summed E-state index contributed by atoms with van der Waals surface area (Å²) in [6, 6.07) is 0. The molecule has 0 aliphatic carbocycles. The number of nitrogens with one attached hydrogen (secondary N) is 2. The van der Waals surface area contributed by atoms with Gasteiger partial charge in [-0.2, -0.15) is 5.10 Å². The molecule has 2 heterocycles. The lowest BCUT2D eigenvalue weighted by atomic mass is 9.91. The van der Waals surface area contributed by atoms with Crippen molar-refractivity contribution in [2.75, 3.05) is 6.61 Å². The number of carbonyl (C=O) groups excluding carboxylic acids is 1. The Morgan fingerprint density at radius 3 is 2.70 bits per heavy atom. The number of aryl methyl sites for hydroxylation is 1. The lowest BCUT2D eigenvalue weighted by Crippen LogP contribution is -2.12. The quantitative estimate of drug-likeness (QED) is 0.664. The Bertz CT molecular complexity index is 790. The Balaban J connectivity index is 2.41. The molecule has 2 aromatic rings. The average Bonchev–Trinajstić information content (AvgIpc) is 3.03. The molecule has 9 heteroatoms. The molecule has 0 saturated carbocycles. The van der Waals surface area contributed by atoms with E-state index in [0.717, 1.165) is 0 Å². The first-order chi connectivity index (χ1) is 10.8. The summed E-state index contributed by atoms with van der Waals surface area (Å²) in [5.41, 5.74) is 0.415. The summed E-state index contributed by atoms with van der Waals surface area (Å²) >= 11 is 0. The van der Waals surface area contributed by atoms with Crippen molar-refractivity contribution in [3.63, 3.8) is 0 Å². The zero-order valence-corrected chi connectivity index (χ0v) is 13.8. The van der Waals surface area contributed by atoms with E-state index in [1.165, 1.54) is 10.9 Å². The van der Waals surface area contributed by atoms with Gasteiger partial charge in [-0.25, -0.2) is 4.79 Å². The number of nitrogens with zero attached hydrogens (tertiary/aromatic N) is 4. The zero-order chi connectivity index (χ0) is 17.2. The van der Waals surface area contributed by atoms with E-state index in [-0.39, 0.29) is 34.6 Å². The molecule has 2 aromatic heterocycles. The van der Waals surface area contributed by atoms with Gasteiger partial charge in [-0.15, -0.1) is 10.2 Å². The van der Waals surface area contributed by atoms with Gasteiger partial charge in [-0.05, 0) is 6.92 Å². The average molecular weight is 320 g/mol. The molecule has 0 aliphatic heterocycles. The van der Waals surface area contributed by atoms with Crippen molar-refractivity contribution < 1.29 is 9.53 Å². The van der Waals surface area contributed by atoms with Gasteiger partial charge in [0.15, 0.2) is 11.5 Å². The lowest BCUT2D eigenvalue weighted by Gasteiger charge is -2.16. The van der Waals surface area contributed by atoms with Crippen LogP contribution < -0.4 is 5.56 Å². The first-order valence-electron chi connectivity index (χ1n) is 7.17. The molecule has 0 bridgehead atoms. The third-order valence-corrected chi connectivity index (χ3v) is 3.14. The summed E-state index contributed by atoms with van der Waals surface area (Å²) in [6.07, 6.45) is 1.31. The number of H-pyrrole nitrogens is 2. The molecule has 9 nitrogen and oxygen atoms in total. The topological polar surface area (TPSA) is 117 Å². The molecular formula is C14H20N6O3. The van der Waals surface area contributed by atoms with Gasteiger partial charge in [-0.1, -0.05) is 20.8 Å². The van der Waals surface area contributed by atoms with E-state index in [0.29, 0.717) is 5.69 Å². The minimum atomic E-state index is -0.548. The van der Waals surface area contributed by atoms with Gasteiger partial charge in [0.25, 0.3) is 5.56 Å². The van der Waals surface area contributed by atoms with Crippen LogP contribution in [0.15, 0.2) is 21.2 Å². The number of carbonyl (C=O) groups is 1. The Morgan fingerprint density at radius 1 is 1.39 bits per heavy atom. The van der Waals surface area contributed by atoms with Crippen molar-refractivity contribution >= 4 is 17.5 Å². The summed E-state index contributed by atoms with van der Waals surface area (Å²) in [6.45, 7) is 7.82. The van der Waals surface area contributed by atoms with Crippen molar-refractivity contribution in [1.82, 2.24) is 20.0 Å². The Morgan fingerprint density at radius 2 is 2.09 bits per heavy atom. The lowest BCUT2D eigenvalue weighted by molar-refractivity contribution is 0.0527. The fraction of sp³-hybridized carbons (Fsp3) is 0.500. The number of azo groups is 1. The molecular weight excluding hydrogens is 300 g/mol. The molecule has 0 spiro atoms. The minimum Gasteiger partial charge on any atom is -0.462 e. The smallest absolute Gasteiger partial charge is 0.343 e. The van der Waals surface area contributed by atoms with Gasteiger partial charge >= 0.3 is 5.97 Å². The van der Waals surface area contributed by atoms with Crippen molar-refractivity contribution in [3.8, 4) is 0 Å². The SMILES string of the molecule is CCOC(=O)c1cn[nH]c1N=Nc1c(C(C)(C)C)[nH]n(C)c1=O. The predicted octanol–water partition coefficient (Wildman–Crippen LogP) is 2.33. The summed E-state index contributed by atoms with van der Waals surface area (Å²) in [4.78, 5) is 24.0. The third-order valence-electron chi connectivity index (χ3n) is 3.14. The molecule has 0 atom stereocenters. The van der Waals surface area contributed by atoms with Crippen LogP contribution in [0.4, 0.5) is 11.5 Å². The number of ether oxygens (including phenoxy) is 1. The van der Waals surface area contributed by atoms with Crippen LogP contribution in [0.5, 0.6) is 0 Å². The predicted molar refractivity (Wildman–Crippen MR) is 83.5 cm³/mol. The molecule has 23 heavy (non-hydrogen) atoms. The molecule has 0 fully saturated rings. The maximum Gasteiger partial charge on any atom is 0.343 e. The molecule has 0 radical (unpaired) electrons. The first-order valence-corrected chi connectivity index (χ1v) is 7.17. The van der Waals surface area contributed by atoms with Crippen molar-refractivity contribution in [1.29, 1.82) is 0 Å². The molecule has 2 rings (SSSR count). The molecule has 0 aliphatic rings. The number of hydrogen-bond acceptors (Lipinski definition) is 6. The number of aromatic amines is 2. The van der Waals surface area contributed by atoms with E-state index < -0.39 is 5.97 Å². The maximum absolute atomic E-state index is 12.2. The van der Waals surface area contributed by atoms with Gasteiger partial charge in [-0.3, -0.25) is 19.7 Å². The Labute approximate surface area is 132 Å². The first kappa shape index (κ1) is 16.7. The van der Waals surface area contributed by atoms with Crippen LogP contribution in [0.1, 0.15) is 43.7 Å². The van der Waals surface area contributed by atoms with E-state index in [2.05, 4.69) is 25.5 Å². The highest BCUT2D eigenvalue weighted by atomic mass is 16.5. The number of esters is 1. The van der Waals surface area contributed by atoms with Crippen molar-refractivity contribution in [2.24, 2.45) is 17.3 Å². The van der Waals surface area contributed by atoms with Gasteiger partial charge in [0.1, 0.15) is 5.56 Å². The van der Waals surface area contributed by atoms with E-state index >= 15 is 0 Å². The Kier molecular flexibility index (Phi) is 4.48. The van der Waals surface area contributed by atoms with Crippen molar-refractivity contribution in [3.05, 3.63) is 27.8 Å². The van der Waals surface area contributed by atoms with Crippen LogP contribution in [0.25, 0.3) is 0 Å². The monoisotopic (exact) mass is 320 g/mol. The third kappa shape index (κ3) is 3.38. The van der Waals surface area contributed by atoms with Crippen LogP contribution >= 0.6 is 0 Å². The Hall–Kier alpha value is -2.71. The second-order valence-electron chi connectivity index (χ2n) is 6.00. The van der Waals surface area contributed by atoms with E-state index in [1.54, 1.807) is 14.0 Å². The summed E-state index contributed by atoms with van der Waals surface area (Å²) in [5, 5.41) is 17.3. The van der Waals surface area contributed by atoms with E-state index in [4.69, 9.17) is 4.74 Å². The highest BCUT2D eigenvalue weighted by Gasteiger charge is 2.24. The van der Waals surface area contributed by atoms with Gasteiger partial charge in [0.05, 0.1) is 18.5 Å². The number of rotatable bonds is 4. The molecule has 0 amide bonds. The van der Waals surface area contributed by atoms with Crippen LogP contribution in [0.3, 0.4) is 0 Å². The fourth-order valence-electron chi connectivity index (χ4n) is 1.97. The summed E-state index contributed by atoms with van der Waals surface area (Å²) in [7, 11) is 1.61. The second kappa shape index (κ2) is 6.19. The van der Waals surface area contributed by atoms with Crippen LogP contribution in [-0.2, 0) is 17.2 Å². The molecule has 0 unspecified atom stereocenters. The normalized spacial score (nSPS) is 12.0. The van der Waals surface area contributed by atoms with Gasteiger partial charge < -0.3 is 4.74 Å². The highest BCUT2D eigenvalue weighted by molar-refractivity contribution is 5.93. The summed E-state index contributed by atoms with van der Waals surface area (Å²) < 4.78 is 6.25. The van der Waals surface area contributed by atoms with Crippen LogP contribution in [-0.4, -0.2) is 32.6 Å². The number of hydrogen-bond donors (Lipinski definition) is 2. The maximum atomic E-state index is 12.2. The number of aromatic nitrogens is 4. The van der Waals surface area contributed by atoms with Crippen LogP contribution in [0, 0.1) is 0 Å². The zero-order valence-electron chi connectivity index (χ0n) is 13.8. The van der Waals surface area contributed by atoms with Gasteiger partial charge in [0, 0.05) is 12.5 Å². The second-order valence-corrected chi connectivity index (χ2v) is 6.00. The minimum absolute atomic E-state index is 0.145. The largest absolute Gasteiger partial charge is 0.462 e. The van der Waals surface area contributed by atoms with Crippen LogP contribution in [0.2, 0.25) is 0 Å². The van der Waals surface area contributed by atoms with E-state index in [1.807, 2.05) is 20.8 Å². The molecule has 124 valence electrons. The molecule has 2 N–H and O–H groups in total. The van der Waals surface area contributed by atoms with E-state index in [9.17, 15) is 9.59 Å². The van der Waals surface area contributed by atoms with Crippen molar-refractivity contribution in [2.45, 2.75) is 33.1 Å². The molecule has 0 saturated heterocycles. The summed E-state index contributed by atoms with van der Waals surface area (Å²) in [5.74, 6) is -0.403. The standard InChI is InChI=1S/C14H20N6O3/c1-6-23-13(22)8-7-15-17-11(8)18-16-9-10(14(2,3)4)19-20(5)12(9)21/h7,19H,6H2,1-5H3,(H,15,17). The molecule has 0 aromatic carbocycles. The van der Waals surface area contributed by atoms with Gasteiger partial charge in [0.2, 0.25) is 0 Å². The fourth-order valence-corrected chi connectivity index (χ4v) is 1.97.